The molecule has 33 heavy (non-hydrogen) atoms. The highest BCUT2D eigenvalue weighted by atomic mass is 16.2. The Morgan fingerprint density at radius 2 is 1.79 bits per heavy atom. The molecule has 170 valence electrons. The van der Waals surface area contributed by atoms with Crippen molar-refractivity contribution in [1.29, 1.82) is 0 Å². The summed E-state index contributed by atoms with van der Waals surface area (Å²) in [6.45, 7) is 2.09. The van der Waals surface area contributed by atoms with Crippen LogP contribution in [0.2, 0.25) is 0 Å². The average molecular weight is 443 g/mol. The second-order valence-corrected chi connectivity index (χ2v) is 8.44. The molecule has 0 spiro atoms. The summed E-state index contributed by atoms with van der Waals surface area (Å²) < 4.78 is 0. The van der Waals surface area contributed by atoms with Gasteiger partial charge in [0.25, 0.3) is 5.91 Å². The lowest BCUT2D eigenvalue weighted by atomic mass is 9.94. The number of nitrogens with one attached hydrogen (secondary N) is 1. The number of hydrogen-bond donors (Lipinski definition) is 1. The van der Waals surface area contributed by atoms with Gasteiger partial charge in [0, 0.05) is 18.4 Å². The Balaban J connectivity index is 1.77. The molecule has 2 aromatic heterocycles. The predicted molar refractivity (Wildman–Crippen MR) is 129 cm³/mol. The quantitative estimate of drug-likeness (QED) is 0.566. The highest BCUT2D eigenvalue weighted by Crippen LogP contribution is 2.30. The van der Waals surface area contributed by atoms with Crippen LogP contribution in [0.5, 0.6) is 0 Å². The fourth-order valence-electron chi connectivity index (χ4n) is 4.37. The second kappa shape index (κ2) is 10.9. The lowest BCUT2D eigenvalue weighted by molar-refractivity contribution is -0.123. The first-order chi connectivity index (χ1) is 16.2. The highest BCUT2D eigenvalue weighted by Gasteiger charge is 2.35. The Morgan fingerprint density at radius 1 is 1.00 bits per heavy atom. The number of benzene rings is 1. The number of pyridine rings is 2. The fourth-order valence-corrected chi connectivity index (χ4v) is 4.37. The number of amides is 2. The van der Waals surface area contributed by atoms with Crippen LogP contribution >= 0.6 is 0 Å². The van der Waals surface area contributed by atoms with Crippen LogP contribution in [0.15, 0.2) is 73.2 Å². The third kappa shape index (κ3) is 5.45. The van der Waals surface area contributed by atoms with E-state index in [9.17, 15) is 9.59 Å². The first-order valence-corrected chi connectivity index (χ1v) is 11.7. The predicted octanol–water partition coefficient (Wildman–Crippen LogP) is 4.88. The monoisotopic (exact) mass is 442 g/mol. The molecular formula is C27H30N4O2. The van der Waals surface area contributed by atoms with E-state index in [2.05, 4.69) is 22.2 Å². The number of aryl methyl sites for hydroxylation is 1. The van der Waals surface area contributed by atoms with Crippen LogP contribution in [0.3, 0.4) is 0 Å². The van der Waals surface area contributed by atoms with Crippen LogP contribution in [0, 0.1) is 0 Å². The third-order valence-corrected chi connectivity index (χ3v) is 6.19. The molecule has 4 rings (SSSR count). The Morgan fingerprint density at radius 3 is 2.42 bits per heavy atom. The van der Waals surface area contributed by atoms with Crippen LogP contribution in [-0.2, 0) is 11.2 Å². The van der Waals surface area contributed by atoms with Gasteiger partial charge in [-0.3, -0.25) is 24.5 Å². The normalized spacial score (nSPS) is 14.9. The first kappa shape index (κ1) is 22.6. The molecule has 2 heterocycles. The number of carbonyl (C=O) groups is 2. The van der Waals surface area contributed by atoms with Crippen molar-refractivity contribution in [2.24, 2.45) is 0 Å². The molecule has 0 aliphatic heterocycles. The van der Waals surface area contributed by atoms with E-state index < -0.39 is 6.04 Å². The van der Waals surface area contributed by atoms with E-state index in [4.69, 9.17) is 0 Å². The van der Waals surface area contributed by atoms with Crippen molar-refractivity contribution in [3.05, 3.63) is 90.0 Å². The van der Waals surface area contributed by atoms with Crippen LogP contribution in [0.1, 0.15) is 66.7 Å². The van der Waals surface area contributed by atoms with Gasteiger partial charge in [0.05, 0.1) is 11.9 Å². The number of rotatable bonds is 7. The van der Waals surface area contributed by atoms with E-state index in [0.29, 0.717) is 5.69 Å². The average Bonchev–Trinajstić information content (AvgIpc) is 2.88. The van der Waals surface area contributed by atoms with Gasteiger partial charge in [-0.1, -0.05) is 56.5 Å². The summed E-state index contributed by atoms with van der Waals surface area (Å²) >= 11 is 0. The van der Waals surface area contributed by atoms with Gasteiger partial charge in [0.1, 0.15) is 11.7 Å². The molecule has 0 saturated heterocycles. The van der Waals surface area contributed by atoms with Gasteiger partial charge in [-0.05, 0) is 54.7 Å². The maximum Gasteiger partial charge on any atom is 0.277 e. The molecule has 0 radical (unpaired) electrons. The van der Waals surface area contributed by atoms with Gasteiger partial charge in [0.15, 0.2) is 0 Å². The number of anilines is 1. The molecule has 2 amide bonds. The van der Waals surface area contributed by atoms with Gasteiger partial charge in [-0.2, -0.15) is 0 Å². The molecule has 1 N–H and O–H groups in total. The molecule has 6 heteroatoms. The van der Waals surface area contributed by atoms with Crippen molar-refractivity contribution in [2.75, 3.05) is 4.90 Å². The summed E-state index contributed by atoms with van der Waals surface area (Å²) in [6, 6.07) is 16.0. The molecule has 1 atom stereocenters. The van der Waals surface area contributed by atoms with Gasteiger partial charge in [-0.25, -0.2) is 0 Å². The van der Waals surface area contributed by atoms with Crippen LogP contribution in [0.25, 0.3) is 0 Å². The molecule has 0 bridgehead atoms. The van der Waals surface area contributed by atoms with Gasteiger partial charge in [-0.15, -0.1) is 0 Å². The lowest BCUT2D eigenvalue weighted by Gasteiger charge is -2.33. The minimum Gasteiger partial charge on any atom is -0.351 e. The summed E-state index contributed by atoms with van der Waals surface area (Å²) in [5.74, 6) is -0.522. The van der Waals surface area contributed by atoms with Crippen LogP contribution < -0.4 is 10.2 Å². The SMILES string of the molecule is CCc1ccc([C@@H](C(=O)NC2CCCCC2)N(C(=O)c2ccccn2)c2cccnc2)cc1. The maximum absolute atomic E-state index is 13.8. The fraction of sp³-hybridized carbons (Fsp3) is 0.333. The minimum atomic E-state index is -0.837. The number of carbonyl (C=O) groups excluding carboxylic acids is 2. The van der Waals surface area contributed by atoms with Crippen molar-refractivity contribution >= 4 is 17.5 Å². The van der Waals surface area contributed by atoms with E-state index in [0.717, 1.165) is 37.7 Å². The molecule has 1 fully saturated rings. The van der Waals surface area contributed by atoms with Crippen molar-refractivity contribution in [1.82, 2.24) is 15.3 Å². The first-order valence-electron chi connectivity index (χ1n) is 11.7. The summed E-state index contributed by atoms with van der Waals surface area (Å²) in [5, 5.41) is 3.23. The standard InChI is InChI=1S/C27H30N4O2/c1-2-20-13-15-21(16-14-20)25(26(32)30-22-9-4-3-5-10-22)31(23-11-8-17-28-19-23)27(33)24-12-6-7-18-29-24/h6-8,11-19,22,25H,2-5,9-10H2,1H3,(H,30,32)/t25-/m0/s1. The van der Waals surface area contributed by atoms with Gasteiger partial charge in [0.2, 0.25) is 5.91 Å². The Bertz CT molecular complexity index is 1050. The van der Waals surface area contributed by atoms with Crippen LogP contribution in [-0.4, -0.2) is 27.8 Å². The van der Waals surface area contributed by atoms with Gasteiger partial charge >= 0.3 is 0 Å². The summed E-state index contributed by atoms with van der Waals surface area (Å²) in [5.41, 5.74) is 2.77. The third-order valence-electron chi connectivity index (χ3n) is 6.19. The van der Waals surface area contributed by atoms with Crippen molar-refractivity contribution in [2.45, 2.75) is 57.5 Å². The molecule has 1 aliphatic carbocycles. The molecule has 0 unspecified atom stereocenters. The number of nitrogens with zero attached hydrogens (tertiary/aromatic N) is 3. The Kier molecular flexibility index (Phi) is 7.45. The van der Waals surface area contributed by atoms with E-state index in [-0.39, 0.29) is 23.6 Å². The van der Waals surface area contributed by atoms with Crippen molar-refractivity contribution in [3.8, 4) is 0 Å². The summed E-state index contributed by atoms with van der Waals surface area (Å²) in [7, 11) is 0. The van der Waals surface area contributed by atoms with Crippen LogP contribution in [0.4, 0.5) is 5.69 Å². The van der Waals surface area contributed by atoms with E-state index in [1.54, 1.807) is 48.9 Å². The molecule has 3 aromatic rings. The summed E-state index contributed by atoms with van der Waals surface area (Å²) in [4.78, 5) is 37.5. The molecule has 1 aromatic carbocycles. The number of hydrogen-bond acceptors (Lipinski definition) is 4. The van der Waals surface area contributed by atoms with E-state index >= 15 is 0 Å². The maximum atomic E-state index is 13.8. The Labute approximate surface area is 195 Å². The zero-order valence-corrected chi connectivity index (χ0v) is 19.0. The van der Waals surface area contributed by atoms with E-state index in [1.807, 2.05) is 24.3 Å². The smallest absolute Gasteiger partial charge is 0.277 e. The molecule has 1 aliphatic rings. The van der Waals surface area contributed by atoms with Gasteiger partial charge < -0.3 is 5.32 Å². The molecule has 1 saturated carbocycles. The zero-order valence-electron chi connectivity index (χ0n) is 19.0. The topological polar surface area (TPSA) is 75.2 Å². The lowest BCUT2D eigenvalue weighted by Crippen LogP contribution is -2.47. The minimum absolute atomic E-state index is 0.129. The molecular weight excluding hydrogens is 412 g/mol. The molecule has 6 nitrogen and oxygen atoms in total. The zero-order chi connectivity index (χ0) is 23.0. The van der Waals surface area contributed by atoms with E-state index in [1.165, 1.54) is 16.9 Å². The highest BCUT2D eigenvalue weighted by molar-refractivity contribution is 6.09. The second-order valence-electron chi connectivity index (χ2n) is 8.44. The summed E-state index contributed by atoms with van der Waals surface area (Å²) in [6.07, 6.45) is 11.1. The Hall–Kier alpha value is -3.54. The largest absolute Gasteiger partial charge is 0.351 e. The van der Waals surface area contributed by atoms with Crippen molar-refractivity contribution < 1.29 is 9.59 Å². The van der Waals surface area contributed by atoms with Crippen molar-refractivity contribution in [3.63, 3.8) is 0 Å². The number of aromatic nitrogens is 2.